The molecule has 3 aromatic rings. The van der Waals surface area contributed by atoms with Gasteiger partial charge in [-0.15, -0.1) is 0 Å². The van der Waals surface area contributed by atoms with Crippen LogP contribution >= 0.6 is 0 Å². The number of ether oxygens (including phenoxy) is 1. The third-order valence-corrected chi connectivity index (χ3v) is 5.43. The minimum Gasteiger partial charge on any atom is -0.507 e. The summed E-state index contributed by atoms with van der Waals surface area (Å²) in [6.07, 6.45) is 3.22. The molecule has 156 valence electrons. The molecule has 0 radical (unpaired) electrons. The van der Waals surface area contributed by atoms with Crippen molar-refractivity contribution in [3.8, 4) is 5.75 Å². The molecule has 31 heavy (non-hydrogen) atoms. The number of aliphatic hydroxyl groups is 1. The van der Waals surface area contributed by atoms with Gasteiger partial charge in [0.05, 0.1) is 24.3 Å². The number of aliphatic hydroxyl groups excluding tert-OH is 1. The van der Waals surface area contributed by atoms with Crippen molar-refractivity contribution in [1.29, 1.82) is 0 Å². The van der Waals surface area contributed by atoms with Crippen molar-refractivity contribution in [3.05, 3.63) is 94.8 Å². The molecule has 6 heteroatoms. The van der Waals surface area contributed by atoms with Crippen LogP contribution in [0.2, 0.25) is 0 Å². The fraction of sp³-hybridized carbons (Fsp3) is 0.160. The summed E-state index contributed by atoms with van der Waals surface area (Å²) in [5.74, 6) is -1.32. The minimum atomic E-state index is -0.820. The normalized spacial score (nSPS) is 17.8. The van der Waals surface area contributed by atoms with Crippen molar-refractivity contribution in [3.63, 3.8) is 0 Å². The number of pyridine rings is 1. The number of benzene rings is 2. The lowest BCUT2D eigenvalue weighted by molar-refractivity contribution is -0.132. The first kappa shape index (κ1) is 20.3. The maximum Gasteiger partial charge on any atom is 0.300 e. The molecular formula is C25H22N2O4. The van der Waals surface area contributed by atoms with E-state index in [4.69, 9.17) is 4.74 Å². The third-order valence-electron chi connectivity index (χ3n) is 5.43. The number of nitrogens with zero attached hydrogens (tertiary/aromatic N) is 2. The Bertz CT molecular complexity index is 1200. The highest BCUT2D eigenvalue weighted by Crippen LogP contribution is 2.43. The first-order valence-corrected chi connectivity index (χ1v) is 9.85. The van der Waals surface area contributed by atoms with Crippen LogP contribution in [0.15, 0.2) is 72.6 Å². The van der Waals surface area contributed by atoms with Crippen molar-refractivity contribution >= 4 is 23.1 Å². The van der Waals surface area contributed by atoms with Crippen LogP contribution in [0, 0.1) is 13.8 Å². The standard InChI is InChI=1S/C25H22N2O4/c1-15-10-11-16(2)19(13-15)27-22(17-7-6-12-26-14-17)21(24(29)25(27)30)23(28)18-8-4-5-9-20(18)31-3/h4-14,22,28H,1-3H3/b23-21+. The second kappa shape index (κ2) is 8.07. The second-order valence-electron chi connectivity index (χ2n) is 7.45. The molecule has 1 aliphatic rings. The lowest BCUT2D eigenvalue weighted by Crippen LogP contribution is -2.30. The van der Waals surface area contributed by atoms with E-state index in [0.29, 0.717) is 22.6 Å². The van der Waals surface area contributed by atoms with E-state index in [1.165, 1.54) is 12.0 Å². The van der Waals surface area contributed by atoms with Gasteiger partial charge in [0.2, 0.25) is 0 Å². The number of hydrogen-bond acceptors (Lipinski definition) is 5. The maximum absolute atomic E-state index is 13.2. The van der Waals surface area contributed by atoms with Crippen LogP contribution in [0.3, 0.4) is 0 Å². The van der Waals surface area contributed by atoms with Gasteiger partial charge in [0.25, 0.3) is 11.7 Å². The third kappa shape index (κ3) is 3.46. The Morgan fingerprint density at radius 3 is 2.55 bits per heavy atom. The fourth-order valence-corrected chi connectivity index (χ4v) is 3.90. The molecule has 6 nitrogen and oxygen atoms in total. The van der Waals surface area contributed by atoms with Crippen LogP contribution in [0.1, 0.15) is 28.3 Å². The van der Waals surface area contributed by atoms with Gasteiger partial charge in [0, 0.05) is 18.1 Å². The summed E-state index contributed by atoms with van der Waals surface area (Å²) in [5.41, 5.74) is 3.39. The van der Waals surface area contributed by atoms with Crippen LogP contribution in [0.5, 0.6) is 5.75 Å². The second-order valence-corrected chi connectivity index (χ2v) is 7.45. The Morgan fingerprint density at radius 1 is 1.06 bits per heavy atom. The average molecular weight is 414 g/mol. The van der Waals surface area contributed by atoms with E-state index in [1.807, 2.05) is 32.0 Å². The number of para-hydroxylation sites is 1. The van der Waals surface area contributed by atoms with Gasteiger partial charge in [-0.1, -0.05) is 30.3 Å². The molecule has 2 heterocycles. The largest absolute Gasteiger partial charge is 0.507 e. The van der Waals surface area contributed by atoms with Crippen molar-refractivity contribution < 1.29 is 19.4 Å². The Hall–Kier alpha value is -3.93. The van der Waals surface area contributed by atoms with E-state index >= 15 is 0 Å². The van der Waals surface area contributed by atoms with Gasteiger partial charge < -0.3 is 9.84 Å². The van der Waals surface area contributed by atoms with Gasteiger partial charge in [-0.25, -0.2) is 0 Å². The number of aryl methyl sites for hydroxylation is 2. The van der Waals surface area contributed by atoms with E-state index in [-0.39, 0.29) is 11.3 Å². The fourth-order valence-electron chi connectivity index (χ4n) is 3.90. The quantitative estimate of drug-likeness (QED) is 0.390. The highest BCUT2D eigenvalue weighted by Gasteiger charge is 2.47. The Kier molecular flexibility index (Phi) is 5.29. The SMILES string of the molecule is COc1ccccc1/C(O)=C1\C(=O)C(=O)N(c2cc(C)ccc2C)C1c1cccnc1. The number of carbonyl (C=O) groups is 2. The van der Waals surface area contributed by atoms with E-state index in [0.717, 1.165) is 11.1 Å². The predicted molar refractivity (Wildman–Crippen MR) is 118 cm³/mol. The maximum atomic E-state index is 13.2. The molecule has 1 aromatic heterocycles. The number of Topliss-reactive ketones (excluding diaryl/α,β-unsaturated/α-hetero) is 1. The molecule has 1 N–H and O–H groups in total. The number of methoxy groups -OCH3 is 1. The molecule has 1 fully saturated rings. The van der Waals surface area contributed by atoms with E-state index in [9.17, 15) is 14.7 Å². The molecule has 1 saturated heterocycles. The summed E-state index contributed by atoms with van der Waals surface area (Å²) in [4.78, 5) is 32.1. The molecule has 1 amide bonds. The zero-order chi connectivity index (χ0) is 22.1. The molecule has 1 atom stereocenters. The van der Waals surface area contributed by atoms with Gasteiger partial charge in [-0.3, -0.25) is 19.5 Å². The van der Waals surface area contributed by atoms with Crippen LogP contribution in [0.4, 0.5) is 5.69 Å². The van der Waals surface area contributed by atoms with Crippen molar-refractivity contribution in [2.45, 2.75) is 19.9 Å². The van der Waals surface area contributed by atoms with E-state index in [1.54, 1.807) is 48.8 Å². The number of anilines is 1. The first-order valence-electron chi connectivity index (χ1n) is 9.85. The number of aromatic nitrogens is 1. The van der Waals surface area contributed by atoms with Gasteiger partial charge >= 0.3 is 0 Å². The summed E-state index contributed by atoms with van der Waals surface area (Å²) >= 11 is 0. The average Bonchev–Trinajstić information content (AvgIpc) is 3.06. The molecule has 0 spiro atoms. The van der Waals surface area contributed by atoms with Crippen LogP contribution in [0.25, 0.3) is 5.76 Å². The first-order chi connectivity index (χ1) is 14.9. The van der Waals surface area contributed by atoms with Crippen molar-refractivity contribution in [1.82, 2.24) is 4.98 Å². The molecule has 0 bridgehead atoms. The zero-order valence-electron chi connectivity index (χ0n) is 17.5. The highest BCUT2D eigenvalue weighted by atomic mass is 16.5. The molecule has 1 unspecified atom stereocenters. The van der Waals surface area contributed by atoms with Crippen molar-refractivity contribution in [2.75, 3.05) is 12.0 Å². The number of ketones is 1. The molecular weight excluding hydrogens is 392 g/mol. The van der Waals surface area contributed by atoms with E-state index < -0.39 is 17.7 Å². The summed E-state index contributed by atoms with van der Waals surface area (Å²) < 4.78 is 5.36. The zero-order valence-corrected chi connectivity index (χ0v) is 17.5. The van der Waals surface area contributed by atoms with Gasteiger partial charge in [-0.05, 0) is 54.8 Å². The lowest BCUT2D eigenvalue weighted by atomic mass is 9.95. The van der Waals surface area contributed by atoms with E-state index in [2.05, 4.69) is 4.98 Å². The highest BCUT2D eigenvalue weighted by molar-refractivity contribution is 6.51. The molecule has 0 saturated carbocycles. The Balaban J connectivity index is 2.00. The Morgan fingerprint density at radius 2 is 1.84 bits per heavy atom. The van der Waals surface area contributed by atoms with Crippen LogP contribution < -0.4 is 9.64 Å². The smallest absolute Gasteiger partial charge is 0.300 e. The monoisotopic (exact) mass is 414 g/mol. The molecule has 2 aromatic carbocycles. The summed E-state index contributed by atoms with van der Waals surface area (Å²) in [6.45, 7) is 3.81. The van der Waals surface area contributed by atoms with Crippen LogP contribution in [-0.4, -0.2) is 28.9 Å². The summed E-state index contributed by atoms with van der Waals surface area (Å²) in [5, 5.41) is 11.2. The molecule has 0 aliphatic carbocycles. The van der Waals surface area contributed by atoms with Crippen LogP contribution in [-0.2, 0) is 9.59 Å². The minimum absolute atomic E-state index is 0.00315. The molecule has 4 rings (SSSR count). The van der Waals surface area contributed by atoms with Gasteiger partial charge in [0.1, 0.15) is 11.5 Å². The van der Waals surface area contributed by atoms with Crippen molar-refractivity contribution in [2.24, 2.45) is 0 Å². The summed E-state index contributed by atoms with van der Waals surface area (Å²) in [7, 11) is 1.49. The number of rotatable bonds is 4. The van der Waals surface area contributed by atoms with Gasteiger partial charge in [-0.2, -0.15) is 0 Å². The number of amides is 1. The van der Waals surface area contributed by atoms with Gasteiger partial charge in [0.15, 0.2) is 0 Å². The molecule has 1 aliphatic heterocycles. The Labute approximate surface area is 180 Å². The number of carbonyl (C=O) groups excluding carboxylic acids is 2. The topological polar surface area (TPSA) is 79.7 Å². The lowest BCUT2D eigenvalue weighted by Gasteiger charge is -2.27. The summed E-state index contributed by atoms with van der Waals surface area (Å²) in [6, 6.07) is 15.3. The predicted octanol–water partition coefficient (Wildman–Crippen LogP) is 4.33. The number of hydrogen-bond donors (Lipinski definition) is 1.